The number of hydrogen-bond donors (Lipinski definition) is 2. The van der Waals surface area contributed by atoms with Gasteiger partial charge in [0.1, 0.15) is 17.3 Å². The van der Waals surface area contributed by atoms with Crippen molar-refractivity contribution in [3.05, 3.63) is 57.4 Å². The molecule has 0 aromatic heterocycles. The predicted molar refractivity (Wildman–Crippen MR) is 126 cm³/mol. The number of amides is 1. The second-order valence-electron chi connectivity index (χ2n) is 8.89. The standard InChI is InChI=1S/C26H33ClFNO3/c1-4-17-12-20(32-15-24(31)29-19-8-6-5-7-9-19)14-22(27)21(17)13-18-10-11-23(30)25(16(2)3)26(18)28/h10-12,14,16,19,30H,4-9,13,15H2,1-3H3,(H,29,31). The van der Waals surface area contributed by atoms with Crippen molar-refractivity contribution in [2.24, 2.45) is 0 Å². The van der Waals surface area contributed by atoms with Crippen molar-refractivity contribution in [2.75, 3.05) is 6.61 Å². The Morgan fingerprint density at radius 3 is 2.59 bits per heavy atom. The second-order valence-corrected chi connectivity index (χ2v) is 9.30. The fourth-order valence-corrected chi connectivity index (χ4v) is 4.73. The third-order valence-corrected chi connectivity index (χ3v) is 6.50. The predicted octanol–water partition coefficient (Wildman–Crippen LogP) is 6.29. The van der Waals surface area contributed by atoms with Crippen LogP contribution in [0, 0.1) is 5.82 Å². The molecule has 0 bridgehead atoms. The van der Waals surface area contributed by atoms with Gasteiger partial charge in [-0.05, 0) is 60.1 Å². The van der Waals surface area contributed by atoms with E-state index in [1.807, 2.05) is 26.8 Å². The molecule has 1 aliphatic rings. The molecule has 0 saturated heterocycles. The Balaban J connectivity index is 1.73. The number of nitrogens with one attached hydrogen (secondary N) is 1. The van der Waals surface area contributed by atoms with Crippen LogP contribution in [0.5, 0.6) is 11.5 Å². The summed E-state index contributed by atoms with van der Waals surface area (Å²) < 4.78 is 20.8. The zero-order chi connectivity index (χ0) is 23.3. The van der Waals surface area contributed by atoms with Gasteiger partial charge in [0.25, 0.3) is 5.91 Å². The highest BCUT2D eigenvalue weighted by Crippen LogP contribution is 2.34. The van der Waals surface area contributed by atoms with E-state index in [0.29, 0.717) is 34.7 Å². The van der Waals surface area contributed by atoms with Gasteiger partial charge in [-0.25, -0.2) is 4.39 Å². The molecule has 32 heavy (non-hydrogen) atoms. The molecule has 1 fully saturated rings. The molecular formula is C26H33ClFNO3. The highest BCUT2D eigenvalue weighted by atomic mass is 35.5. The van der Waals surface area contributed by atoms with Gasteiger partial charge < -0.3 is 15.2 Å². The Hall–Kier alpha value is -2.27. The first-order valence-electron chi connectivity index (χ1n) is 11.5. The third-order valence-electron chi connectivity index (χ3n) is 6.16. The van der Waals surface area contributed by atoms with Crippen LogP contribution in [0.1, 0.15) is 81.0 Å². The molecule has 4 nitrogen and oxygen atoms in total. The van der Waals surface area contributed by atoms with Gasteiger partial charge in [0.2, 0.25) is 0 Å². The summed E-state index contributed by atoms with van der Waals surface area (Å²) in [7, 11) is 0. The Kier molecular flexibility index (Phi) is 8.41. The average Bonchev–Trinajstić information content (AvgIpc) is 2.75. The number of carbonyl (C=O) groups is 1. The number of benzene rings is 2. The Labute approximate surface area is 195 Å². The summed E-state index contributed by atoms with van der Waals surface area (Å²) in [6.07, 6.45) is 6.61. The van der Waals surface area contributed by atoms with Crippen LogP contribution in [0.3, 0.4) is 0 Å². The Bertz CT molecular complexity index is 955. The first-order valence-corrected chi connectivity index (χ1v) is 11.9. The molecule has 174 valence electrons. The summed E-state index contributed by atoms with van der Waals surface area (Å²) >= 11 is 6.57. The molecule has 1 amide bonds. The van der Waals surface area contributed by atoms with Crippen LogP contribution >= 0.6 is 11.6 Å². The van der Waals surface area contributed by atoms with E-state index in [2.05, 4.69) is 5.32 Å². The van der Waals surface area contributed by atoms with Crippen molar-refractivity contribution in [2.45, 2.75) is 77.7 Å². The van der Waals surface area contributed by atoms with E-state index in [0.717, 1.165) is 36.8 Å². The fraction of sp³-hybridized carbons (Fsp3) is 0.500. The normalized spacial score (nSPS) is 14.6. The number of aromatic hydroxyl groups is 1. The zero-order valence-electron chi connectivity index (χ0n) is 19.1. The highest BCUT2D eigenvalue weighted by Gasteiger charge is 2.19. The van der Waals surface area contributed by atoms with Crippen LogP contribution < -0.4 is 10.1 Å². The van der Waals surface area contributed by atoms with Gasteiger partial charge in [0.15, 0.2) is 6.61 Å². The Morgan fingerprint density at radius 1 is 1.22 bits per heavy atom. The smallest absolute Gasteiger partial charge is 0.258 e. The number of aryl methyl sites for hydroxylation is 1. The first kappa shape index (κ1) is 24.4. The van der Waals surface area contributed by atoms with E-state index < -0.39 is 5.82 Å². The van der Waals surface area contributed by atoms with Gasteiger partial charge in [-0.3, -0.25) is 4.79 Å². The van der Waals surface area contributed by atoms with Crippen molar-refractivity contribution < 1.29 is 19.0 Å². The molecular weight excluding hydrogens is 429 g/mol. The molecule has 3 rings (SSSR count). The number of rotatable bonds is 8. The van der Waals surface area contributed by atoms with Crippen LogP contribution in [0.25, 0.3) is 0 Å². The fourth-order valence-electron chi connectivity index (χ4n) is 4.43. The lowest BCUT2D eigenvalue weighted by atomic mass is 9.93. The average molecular weight is 462 g/mol. The number of hydrogen-bond acceptors (Lipinski definition) is 3. The van der Waals surface area contributed by atoms with Crippen LogP contribution in [-0.2, 0) is 17.6 Å². The number of phenolic OH excluding ortho intramolecular Hbond substituents is 1. The molecule has 0 radical (unpaired) electrons. The topological polar surface area (TPSA) is 58.6 Å². The monoisotopic (exact) mass is 461 g/mol. The van der Waals surface area contributed by atoms with E-state index in [1.165, 1.54) is 12.5 Å². The molecule has 0 atom stereocenters. The summed E-state index contributed by atoms with van der Waals surface area (Å²) in [5.41, 5.74) is 2.58. The van der Waals surface area contributed by atoms with Crippen molar-refractivity contribution in [1.29, 1.82) is 0 Å². The van der Waals surface area contributed by atoms with E-state index in [9.17, 15) is 9.90 Å². The zero-order valence-corrected chi connectivity index (χ0v) is 19.9. The number of halogens is 2. The van der Waals surface area contributed by atoms with E-state index in [-0.39, 0.29) is 30.2 Å². The second kappa shape index (κ2) is 11.0. The van der Waals surface area contributed by atoms with Gasteiger partial charge >= 0.3 is 0 Å². The van der Waals surface area contributed by atoms with Gasteiger partial charge in [0, 0.05) is 23.0 Å². The molecule has 1 aliphatic carbocycles. The Morgan fingerprint density at radius 2 is 1.94 bits per heavy atom. The SMILES string of the molecule is CCc1cc(OCC(=O)NC2CCCCC2)cc(Cl)c1Cc1ccc(O)c(C(C)C)c1F. The maximum atomic E-state index is 15.0. The molecule has 0 unspecified atom stereocenters. The van der Waals surface area contributed by atoms with Crippen molar-refractivity contribution in [1.82, 2.24) is 5.32 Å². The third kappa shape index (κ3) is 5.94. The minimum Gasteiger partial charge on any atom is -0.508 e. The number of ether oxygens (including phenoxy) is 1. The van der Waals surface area contributed by atoms with E-state index >= 15 is 4.39 Å². The van der Waals surface area contributed by atoms with Crippen molar-refractivity contribution >= 4 is 17.5 Å². The van der Waals surface area contributed by atoms with Crippen molar-refractivity contribution in [3.63, 3.8) is 0 Å². The van der Waals surface area contributed by atoms with Gasteiger partial charge in [0.05, 0.1) is 0 Å². The molecule has 6 heteroatoms. The summed E-state index contributed by atoms with van der Waals surface area (Å²) in [6.45, 7) is 5.65. The summed E-state index contributed by atoms with van der Waals surface area (Å²) in [5, 5.41) is 13.6. The molecule has 0 aliphatic heterocycles. The largest absolute Gasteiger partial charge is 0.508 e. The van der Waals surface area contributed by atoms with Crippen LogP contribution in [0.2, 0.25) is 5.02 Å². The minimum absolute atomic E-state index is 0.0293. The van der Waals surface area contributed by atoms with Crippen LogP contribution in [0.15, 0.2) is 24.3 Å². The molecule has 2 aromatic rings. The lowest BCUT2D eigenvalue weighted by Gasteiger charge is -2.22. The van der Waals surface area contributed by atoms with Gasteiger partial charge in [-0.15, -0.1) is 0 Å². The number of carbonyl (C=O) groups excluding carboxylic acids is 1. The molecule has 1 saturated carbocycles. The first-order chi connectivity index (χ1) is 15.3. The van der Waals surface area contributed by atoms with E-state index in [1.54, 1.807) is 12.1 Å². The van der Waals surface area contributed by atoms with Crippen molar-refractivity contribution in [3.8, 4) is 11.5 Å². The summed E-state index contributed by atoms with van der Waals surface area (Å²) in [5.74, 6) is -0.145. The lowest BCUT2D eigenvalue weighted by molar-refractivity contribution is -0.124. The summed E-state index contributed by atoms with van der Waals surface area (Å²) in [4.78, 5) is 12.3. The maximum absolute atomic E-state index is 15.0. The number of phenols is 1. The van der Waals surface area contributed by atoms with Gasteiger partial charge in [-0.2, -0.15) is 0 Å². The van der Waals surface area contributed by atoms with E-state index in [4.69, 9.17) is 16.3 Å². The maximum Gasteiger partial charge on any atom is 0.258 e. The molecule has 0 heterocycles. The lowest BCUT2D eigenvalue weighted by Crippen LogP contribution is -2.38. The van der Waals surface area contributed by atoms with Gasteiger partial charge in [-0.1, -0.05) is 57.7 Å². The van der Waals surface area contributed by atoms with Crippen LogP contribution in [-0.4, -0.2) is 23.7 Å². The minimum atomic E-state index is -0.391. The molecule has 2 N–H and O–H groups in total. The van der Waals surface area contributed by atoms with Crippen LogP contribution in [0.4, 0.5) is 4.39 Å². The quantitative estimate of drug-likeness (QED) is 0.485. The molecule has 2 aromatic carbocycles. The highest BCUT2D eigenvalue weighted by molar-refractivity contribution is 6.31. The molecule has 0 spiro atoms. The summed E-state index contributed by atoms with van der Waals surface area (Å²) in [6, 6.07) is 6.94.